The van der Waals surface area contributed by atoms with Gasteiger partial charge in [0, 0.05) is 50.3 Å². The smallest absolute Gasteiger partial charge is 0.167 e. The van der Waals surface area contributed by atoms with E-state index in [9.17, 15) is 0 Å². The summed E-state index contributed by atoms with van der Waals surface area (Å²) < 4.78 is 2.05. The number of imidazole rings is 1. The van der Waals surface area contributed by atoms with Gasteiger partial charge in [0.1, 0.15) is 6.33 Å². The Labute approximate surface area is 163 Å². The van der Waals surface area contributed by atoms with Crippen LogP contribution in [-0.2, 0) is 0 Å². The lowest BCUT2D eigenvalue weighted by atomic mass is 10.1. The molecular weight excluding hydrogens is 334 g/mol. The van der Waals surface area contributed by atoms with Gasteiger partial charge in [-0.05, 0) is 31.4 Å². The molecule has 1 fully saturated rings. The maximum absolute atomic E-state index is 5.09. The minimum absolute atomic E-state index is 0.965. The molecule has 0 unspecified atom stereocenters. The van der Waals surface area contributed by atoms with Crippen LogP contribution in [-0.4, -0.2) is 47.1 Å². The van der Waals surface area contributed by atoms with Crippen molar-refractivity contribution in [2.75, 3.05) is 31.6 Å². The summed E-state index contributed by atoms with van der Waals surface area (Å²) in [6, 6.07) is 8.61. The van der Waals surface area contributed by atoms with Crippen LogP contribution in [0.2, 0.25) is 0 Å². The fraction of sp³-hybridized carbons (Fsp3) is 0.545. The van der Waals surface area contributed by atoms with Crippen LogP contribution in [0.15, 0.2) is 48.1 Å². The highest BCUT2D eigenvalue weighted by Gasteiger charge is 2.16. The lowest BCUT2D eigenvalue weighted by Gasteiger charge is -2.25. The SMILES string of the molecule is CCCCCN(C)c1ccccc1C(=NN1CCCCCC1)n1ccnc1. The van der Waals surface area contributed by atoms with E-state index in [2.05, 4.69) is 53.1 Å². The number of aromatic nitrogens is 2. The predicted octanol–water partition coefficient (Wildman–Crippen LogP) is 4.60. The molecule has 5 nitrogen and oxygen atoms in total. The molecule has 0 spiro atoms. The first-order valence-electron chi connectivity index (χ1n) is 10.4. The molecule has 1 aliphatic heterocycles. The maximum atomic E-state index is 5.09. The largest absolute Gasteiger partial charge is 0.374 e. The Hall–Kier alpha value is -2.30. The monoisotopic (exact) mass is 367 g/mol. The molecule has 0 radical (unpaired) electrons. The van der Waals surface area contributed by atoms with Gasteiger partial charge in [-0.15, -0.1) is 0 Å². The first-order chi connectivity index (χ1) is 13.3. The van der Waals surface area contributed by atoms with E-state index >= 15 is 0 Å². The van der Waals surface area contributed by atoms with Crippen molar-refractivity contribution in [1.29, 1.82) is 0 Å². The summed E-state index contributed by atoms with van der Waals surface area (Å²) in [6.45, 7) is 5.38. The highest BCUT2D eigenvalue weighted by atomic mass is 15.5. The van der Waals surface area contributed by atoms with Gasteiger partial charge in [-0.25, -0.2) is 4.98 Å². The van der Waals surface area contributed by atoms with Gasteiger partial charge in [-0.1, -0.05) is 44.7 Å². The van der Waals surface area contributed by atoms with Crippen molar-refractivity contribution in [3.63, 3.8) is 0 Å². The molecule has 146 valence electrons. The van der Waals surface area contributed by atoms with Crippen LogP contribution in [0, 0.1) is 0 Å². The maximum Gasteiger partial charge on any atom is 0.167 e. The third kappa shape index (κ3) is 5.34. The molecule has 1 aromatic carbocycles. The van der Waals surface area contributed by atoms with E-state index in [-0.39, 0.29) is 0 Å². The minimum Gasteiger partial charge on any atom is -0.374 e. The molecule has 0 amide bonds. The Balaban J connectivity index is 1.93. The van der Waals surface area contributed by atoms with Gasteiger partial charge in [0.15, 0.2) is 5.84 Å². The molecule has 3 rings (SSSR count). The topological polar surface area (TPSA) is 36.7 Å². The minimum atomic E-state index is 0.965. The predicted molar refractivity (Wildman–Crippen MR) is 113 cm³/mol. The first-order valence-corrected chi connectivity index (χ1v) is 10.4. The molecule has 27 heavy (non-hydrogen) atoms. The number of unbranched alkanes of at least 4 members (excludes halogenated alkanes) is 2. The van der Waals surface area contributed by atoms with Crippen molar-refractivity contribution in [2.45, 2.75) is 51.9 Å². The number of anilines is 1. The summed E-state index contributed by atoms with van der Waals surface area (Å²) >= 11 is 0. The second kappa shape index (κ2) is 10.1. The number of rotatable bonds is 7. The van der Waals surface area contributed by atoms with Gasteiger partial charge in [0.05, 0.1) is 0 Å². The normalized spacial score (nSPS) is 15.6. The third-order valence-corrected chi connectivity index (χ3v) is 5.22. The van der Waals surface area contributed by atoms with Crippen molar-refractivity contribution >= 4 is 11.5 Å². The summed E-state index contributed by atoms with van der Waals surface area (Å²) in [6.07, 6.45) is 14.4. The summed E-state index contributed by atoms with van der Waals surface area (Å²) in [7, 11) is 2.19. The Morgan fingerprint density at radius 3 is 2.59 bits per heavy atom. The molecule has 0 N–H and O–H groups in total. The van der Waals surface area contributed by atoms with Gasteiger partial charge >= 0.3 is 0 Å². The van der Waals surface area contributed by atoms with Gasteiger partial charge < -0.3 is 4.90 Å². The molecular formula is C22H33N5. The molecule has 0 bridgehead atoms. The standard InChI is InChI=1S/C22H33N5/c1-3-4-9-15-25(2)21-13-8-7-12-20(21)22(26-18-14-23-19-26)24-27-16-10-5-6-11-17-27/h7-8,12-14,18-19H,3-6,9-11,15-17H2,1-2H3. The lowest BCUT2D eigenvalue weighted by molar-refractivity contribution is 0.300. The van der Waals surface area contributed by atoms with Gasteiger partial charge in [-0.3, -0.25) is 9.58 Å². The van der Waals surface area contributed by atoms with Crippen LogP contribution in [0.4, 0.5) is 5.69 Å². The van der Waals surface area contributed by atoms with Crippen LogP contribution >= 0.6 is 0 Å². The third-order valence-electron chi connectivity index (χ3n) is 5.22. The molecule has 0 atom stereocenters. The lowest BCUT2D eigenvalue weighted by Crippen LogP contribution is -2.26. The van der Waals surface area contributed by atoms with E-state index in [1.54, 1.807) is 0 Å². The van der Waals surface area contributed by atoms with Crippen LogP contribution in [0.5, 0.6) is 0 Å². The Morgan fingerprint density at radius 2 is 1.89 bits per heavy atom. The second-order valence-electron chi connectivity index (χ2n) is 7.41. The molecule has 0 saturated carbocycles. The number of para-hydroxylation sites is 1. The van der Waals surface area contributed by atoms with Crippen LogP contribution in [0.3, 0.4) is 0 Å². The van der Waals surface area contributed by atoms with Gasteiger partial charge in [-0.2, -0.15) is 5.10 Å². The Morgan fingerprint density at radius 1 is 1.11 bits per heavy atom. The molecule has 1 aromatic heterocycles. The Kier molecular flexibility index (Phi) is 7.31. The first kappa shape index (κ1) is 19.5. The summed E-state index contributed by atoms with van der Waals surface area (Å²) in [5.74, 6) is 0.965. The number of hydrogen-bond donors (Lipinski definition) is 0. The number of hydrogen-bond acceptors (Lipinski definition) is 4. The Bertz CT molecular complexity index is 699. The van der Waals surface area contributed by atoms with Crippen molar-refractivity contribution in [1.82, 2.24) is 14.6 Å². The van der Waals surface area contributed by atoms with Crippen molar-refractivity contribution < 1.29 is 0 Å². The summed E-state index contributed by atoms with van der Waals surface area (Å²) in [5, 5.41) is 7.34. The molecule has 0 aliphatic carbocycles. The van der Waals surface area contributed by atoms with Crippen LogP contribution in [0.25, 0.3) is 0 Å². The fourth-order valence-corrected chi connectivity index (χ4v) is 3.63. The van der Waals surface area contributed by atoms with Crippen molar-refractivity contribution in [3.8, 4) is 0 Å². The molecule has 1 saturated heterocycles. The summed E-state index contributed by atoms with van der Waals surface area (Å²) in [4.78, 5) is 6.63. The van der Waals surface area contributed by atoms with Gasteiger partial charge in [0.25, 0.3) is 0 Å². The average molecular weight is 368 g/mol. The van der Waals surface area contributed by atoms with E-state index in [4.69, 9.17) is 5.10 Å². The second-order valence-corrected chi connectivity index (χ2v) is 7.41. The van der Waals surface area contributed by atoms with E-state index in [1.165, 1.54) is 56.2 Å². The van der Waals surface area contributed by atoms with E-state index in [0.717, 1.165) is 25.5 Å². The number of nitrogens with zero attached hydrogens (tertiary/aromatic N) is 5. The van der Waals surface area contributed by atoms with Crippen LogP contribution < -0.4 is 4.90 Å². The molecule has 5 heteroatoms. The molecule has 2 heterocycles. The number of hydrazone groups is 1. The number of benzene rings is 1. The summed E-state index contributed by atoms with van der Waals surface area (Å²) in [5.41, 5.74) is 2.40. The van der Waals surface area contributed by atoms with E-state index < -0.39 is 0 Å². The highest BCUT2D eigenvalue weighted by Crippen LogP contribution is 2.22. The van der Waals surface area contributed by atoms with Crippen molar-refractivity contribution in [2.24, 2.45) is 5.10 Å². The zero-order valence-corrected chi connectivity index (χ0v) is 16.8. The molecule has 1 aliphatic rings. The molecule has 2 aromatic rings. The van der Waals surface area contributed by atoms with E-state index in [0.29, 0.717) is 0 Å². The highest BCUT2D eigenvalue weighted by molar-refractivity contribution is 6.04. The average Bonchev–Trinajstić information content (AvgIpc) is 3.10. The van der Waals surface area contributed by atoms with Crippen molar-refractivity contribution in [3.05, 3.63) is 48.5 Å². The van der Waals surface area contributed by atoms with E-state index in [1.807, 2.05) is 23.3 Å². The zero-order valence-electron chi connectivity index (χ0n) is 16.8. The van der Waals surface area contributed by atoms with Crippen LogP contribution in [0.1, 0.15) is 57.4 Å². The zero-order chi connectivity index (χ0) is 18.9. The fourth-order valence-electron chi connectivity index (χ4n) is 3.63. The quantitative estimate of drug-likeness (QED) is 0.408. The van der Waals surface area contributed by atoms with Gasteiger partial charge in [0.2, 0.25) is 0 Å².